The first kappa shape index (κ1) is 15.2. The van der Waals surface area contributed by atoms with Crippen molar-refractivity contribution in [2.24, 2.45) is 0 Å². The largest absolute Gasteiger partial charge is 0.351 e. The van der Waals surface area contributed by atoms with E-state index >= 15 is 0 Å². The Morgan fingerprint density at radius 1 is 1.00 bits per heavy atom. The number of hydrogen-bond acceptors (Lipinski definition) is 2. The standard InChI is InChI=1S/C15H13Cl2NOS/c16-12-7-4-8-13(17)15(12)20-10-14(19)18-9-11-5-2-1-3-6-11/h1-8H,9-10H2,(H,18,19). The first-order valence-corrected chi connectivity index (χ1v) is 7.78. The van der Waals surface area contributed by atoms with E-state index in [0.29, 0.717) is 16.6 Å². The maximum absolute atomic E-state index is 11.8. The van der Waals surface area contributed by atoms with Gasteiger partial charge in [-0.05, 0) is 17.7 Å². The molecule has 1 N–H and O–H groups in total. The van der Waals surface area contributed by atoms with Gasteiger partial charge in [-0.1, -0.05) is 59.6 Å². The Hall–Kier alpha value is -1.16. The van der Waals surface area contributed by atoms with Gasteiger partial charge in [0.05, 0.1) is 15.8 Å². The summed E-state index contributed by atoms with van der Waals surface area (Å²) in [7, 11) is 0. The highest BCUT2D eigenvalue weighted by molar-refractivity contribution is 8.00. The van der Waals surface area contributed by atoms with Crippen molar-refractivity contribution in [3.8, 4) is 0 Å². The van der Waals surface area contributed by atoms with E-state index in [1.54, 1.807) is 18.2 Å². The van der Waals surface area contributed by atoms with Crippen LogP contribution in [0.2, 0.25) is 10.0 Å². The fraction of sp³-hybridized carbons (Fsp3) is 0.133. The van der Waals surface area contributed by atoms with E-state index < -0.39 is 0 Å². The minimum atomic E-state index is -0.0464. The fourth-order valence-electron chi connectivity index (χ4n) is 1.61. The van der Waals surface area contributed by atoms with Crippen molar-refractivity contribution in [3.63, 3.8) is 0 Å². The summed E-state index contributed by atoms with van der Waals surface area (Å²) in [6.45, 7) is 0.524. The Morgan fingerprint density at radius 2 is 1.65 bits per heavy atom. The first-order valence-electron chi connectivity index (χ1n) is 6.04. The smallest absolute Gasteiger partial charge is 0.230 e. The van der Waals surface area contributed by atoms with Gasteiger partial charge >= 0.3 is 0 Å². The molecule has 0 aliphatic rings. The molecule has 0 aliphatic carbocycles. The van der Waals surface area contributed by atoms with Gasteiger partial charge in [0.25, 0.3) is 0 Å². The van der Waals surface area contributed by atoms with Crippen LogP contribution in [-0.4, -0.2) is 11.7 Å². The highest BCUT2D eigenvalue weighted by Crippen LogP contribution is 2.33. The second-order valence-electron chi connectivity index (χ2n) is 4.10. The minimum Gasteiger partial charge on any atom is -0.351 e. The third kappa shape index (κ3) is 4.44. The number of carbonyl (C=O) groups is 1. The monoisotopic (exact) mass is 325 g/mol. The molecule has 0 atom stereocenters. The van der Waals surface area contributed by atoms with Crippen LogP contribution in [0.25, 0.3) is 0 Å². The molecule has 0 spiro atoms. The predicted octanol–water partition coefficient (Wildman–Crippen LogP) is 4.40. The highest BCUT2D eigenvalue weighted by atomic mass is 35.5. The Kier molecular flexibility index (Phi) is 5.77. The lowest BCUT2D eigenvalue weighted by atomic mass is 10.2. The van der Waals surface area contributed by atoms with Gasteiger partial charge in [-0.2, -0.15) is 0 Å². The van der Waals surface area contributed by atoms with Gasteiger partial charge in [0, 0.05) is 11.4 Å². The Bertz CT molecular complexity index is 569. The zero-order chi connectivity index (χ0) is 14.4. The van der Waals surface area contributed by atoms with E-state index in [1.165, 1.54) is 11.8 Å². The molecule has 2 nitrogen and oxygen atoms in total. The number of benzene rings is 2. The molecule has 0 fully saturated rings. The van der Waals surface area contributed by atoms with Crippen molar-refractivity contribution in [3.05, 3.63) is 64.1 Å². The van der Waals surface area contributed by atoms with E-state index in [4.69, 9.17) is 23.2 Å². The zero-order valence-electron chi connectivity index (χ0n) is 10.6. The van der Waals surface area contributed by atoms with E-state index in [1.807, 2.05) is 30.3 Å². The molecule has 2 aromatic carbocycles. The summed E-state index contributed by atoms with van der Waals surface area (Å²) >= 11 is 13.4. The Labute approximate surface area is 132 Å². The average molecular weight is 326 g/mol. The molecule has 0 bridgehead atoms. The molecular weight excluding hydrogens is 313 g/mol. The predicted molar refractivity (Wildman–Crippen MR) is 85.5 cm³/mol. The molecule has 2 rings (SSSR count). The fourth-order valence-corrected chi connectivity index (χ4v) is 3.12. The van der Waals surface area contributed by atoms with Crippen molar-refractivity contribution < 1.29 is 4.79 Å². The molecule has 0 saturated heterocycles. The number of carbonyl (C=O) groups excluding carboxylic acids is 1. The lowest BCUT2D eigenvalue weighted by molar-refractivity contribution is -0.118. The van der Waals surface area contributed by atoms with Crippen LogP contribution >= 0.6 is 35.0 Å². The van der Waals surface area contributed by atoms with Crippen LogP contribution in [0, 0.1) is 0 Å². The molecule has 1 amide bonds. The summed E-state index contributed by atoms with van der Waals surface area (Å²) in [5.74, 6) is 0.242. The molecule has 0 radical (unpaired) electrons. The number of hydrogen-bond donors (Lipinski definition) is 1. The summed E-state index contributed by atoms with van der Waals surface area (Å²) in [6, 6.07) is 15.1. The van der Waals surface area contributed by atoms with Gasteiger partial charge in [0.2, 0.25) is 5.91 Å². The van der Waals surface area contributed by atoms with Crippen LogP contribution < -0.4 is 5.32 Å². The maximum Gasteiger partial charge on any atom is 0.230 e. The normalized spacial score (nSPS) is 10.3. The third-order valence-corrected chi connectivity index (χ3v) is 4.59. The third-order valence-electron chi connectivity index (χ3n) is 2.60. The average Bonchev–Trinajstić information content (AvgIpc) is 2.46. The number of halogens is 2. The second kappa shape index (κ2) is 7.58. The number of nitrogens with one attached hydrogen (secondary N) is 1. The van der Waals surface area contributed by atoms with Crippen LogP contribution in [0.5, 0.6) is 0 Å². The molecule has 0 aromatic heterocycles. The SMILES string of the molecule is O=C(CSc1c(Cl)cccc1Cl)NCc1ccccc1. The van der Waals surface area contributed by atoms with Gasteiger partial charge in [0.1, 0.15) is 0 Å². The quantitative estimate of drug-likeness (QED) is 0.825. The van der Waals surface area contributed by atoms with E-state index in [0.717, 1.165) is 10.5 Å². The molecule has 2 aromatic rings. The van der Waals surface area contributed by atoms with Crippen molar-refractivity contribution in [1.29, 1.82) is 0 Å². The van der Waals surface area contributed by atoms with E-state index in [-0.39, 0.29) is 11.7 Å². The summed E-state index contributed by atoms with van der Waals surface area (Å²) < 4.78 is 0. The van der Waals surface area contributed by atoms with Gasteiger partial charge in [-0.3, -0.25) is 4.79 Å². The van der Waals surface area contributed by atoms with Crippen LogP contribution in [0.3, 0.4) is 0 Å². The highest BCUT2D eigenvalue weighted by Gasteiger charge is 2.09. The zero-order valence-corrected chi connectivity index (χ0v) is 12.9. The van der Waals surface area contributed by atoms with Gasteiger partial charge in [-0.15, -0.1) is 11.8 Å². The lowest BCUT2D eigenvalue weighted by Crippen LogP contribution is -2.24. The second-order valence-corrected chi connectivity index (χ2v) is 5.90. The van der Waals surface area contributed by atoms with Gasteiger partial charge < -0.3 is 5.32 Å². The number of rotatable bonds is 5. The van der Waals surface area contributed by atoms with Crippen molar-refractivity contribution in [2.75, 3.05) is 5.75 Å². The minimum absolute atomic E-state index is 0.0464. The molecule has 0 unspecified atom stereocenters. The molecule has 0 heterocycles. The van der Waals surface area contributed by atoms with E-state index in [9.17, 15) is 4.79 Å². The first-order chi connectivity index (χ1) is 9.66. The molecule has 0 saturated carbocycles. The van der Waals surface area contributed by atoms with Crippen LogP contribution in [0.15, 0.2) is 53.4 Å². The molecular formula is C15H13Cl2NOS. The number of amides is 1. The molecule has 104 valence electrons. The van der Waals surface area contributed by atoms with Gasteiger partial charge in [0.15, 0.2) is 0 Å². The van der Waals surface area contributed by atoms with E-state index in [2.05, 4.69) is 5.32 Å². The van der Waals surface area contributed by atoms with Gasteiger partial charge in [-0.25, -0.2) is 0 Å². The van der Waals surface area contributed by atoms with Crippen LogP contribution in [-0.2, 0) is 11.3 Å². The summed E-state index contributed by atoms with van der Waals surface area (Å²) in [5, 5.41) is 4.00. The summed E-state index contributed by atoms with van der Waals surface area (Å²) in [5.41, 5.74) is 1.07. The molecule has 0 aliphatic heterocycles. The van der Waals surface area contributed by atoms with Crippen LogP contribution in [0.4, 0.5) is 0 Å². The lowest BCUT2D eigenvalue weighted by Gasteiger charge is -2.07. The Balaban J connectivity index is 1.84. The van der Waals surface area contributed by atoms with Crippen LogP contribution in [0.1, 0.15) is 5.56 Å². The van der Waals surface area contributed by atoms with Crippen molar-refractivity contribution >= 4 is 40.9 Å². The molecule has 5 heteroatoms. The Morgan fingerprint density at radius 3 is 2.30 bits per heavy atom. The van der Waals surface area contributed by atoms with Crippen molar-refractivity contribution in [2.45, 2.75) is 11.4 Å². The maximum atomic E-state index is 11.8. The number of thioether (sulfide) groups is 1. The topological polar surface area (TPSA) is 29.1 Å². The summed E-state index contributed by atoms with van der Waals surface area (Å²) in [4.78, 5) is 12.5. The van der Waals surface area contributed by atoms with Crippen molar-refractivity contribution in [1.82, 2.24) is 5.32 Å². The molecule has 20 heavy (non-hydrogen) atoms. The summed E-state index contributed by atoms with van der Waals surface area (Å²) in [6.07, 6.45) is 0.